The summed E-state index contributed by atoms with van der Waals surface area (Å²) in [6, 6.07) is -0.00214. The Balaban J connectivity index is 3.64. The van der Waals surface area contributed by atoms with Crippen LogP contribution in [0, 0.1) is 0 Å². The first-order valence-electron chi connectivity index (χ1n) is 3.70. The van der Waals surface area contributed by atoms with Gasteiger partial charge in [0, 0.05) is 19.6 Å². The van der Waals surface area contributed by atoms with Crippen molar-refractivity contribution in [2.75, 3.05) is 20.2 Å². The van der Waals surface area contributed by atoms with E-state index in [0.29, 0.717) is 6.54 Å². The molecule has 4 heteroatoms. The van der Waals surface area contributed by atoms with Gasteiger partial charge in [-0.1, -0.05) is 0 Å². The van der Waals surface area contributed by atoms with Crippen molar-refractivity contribution in [2.24, 2.45) is 0 Å². The number of amides is 2. The molecule has 0 fully saturated rings. The summed E-state index contributed by atoms with van der Waals surface area (Å²) in [5, 5.41) is 11.2. The first-order valence-corrected chi connectivity index (χ1v) is 3.70. The molecule has 0 aliphatic rings. The molecule has 0 spiro atoms. The van der Waals surface area contributed by atoms with Crippen molar-refractivity contribution < 1.29 is 9.90 Å². The van der Waals surface area contributed by atoms with Crippen LogP contribution in [0.15, 0.2) is 0 Å². The van der Waals surface area contributed by atoms with E-state index in [1.54, 1.807) is 7.05 Å². The fourth-order valence-corrected chi connectivity index (χ4v) is 0.609. The number of nitrogens with zero attached hydrogens (tertiary/aromatic N) is 1. The van der Waals surface area contributed by atoms with Crippen molar-refractivity contribution >= 4 is 6.03 Å². The lowest BCUT2D eigenvalue weighted by Gasteiger charge is -2.18. The lowest BCUT2D eigenvalue weighted by molar-refractivity contribution is 0.188. The van der Waals surface area contributed by atoms with Crippen LogP contribution in [0.25, 0.3) is 0 Å². The van der Waals surface area contributed by atoms with Crippen molar-refractivity contribution in [1.82, 2.24) is 10.2 Å². The number of rotatable bonds is 3. The number of carbonyl (C=O) groups excluding carboxylic acids is 1. The molecular weight excluding hydrogens is 144 g/mol. The standard InChI is InChI=1S/C7H16N2O2/c1-6(2)8-7(11)9(3)4-5-10/h6,10H,4-5H2,1-3H3,(H,8,11). The van der Waals surface area contributed by atoms with E-state index < -0.39 is 0 Å². The SMILES string of the molecule is CC(C)NC(=O)N(C)CCO. The van der Waals surface area contributed by atoms with E-state index in [4.69, 9.17) is 5.11 Å². The molecule has 0 aromatic heterocycles. The number of aliphatic hydroxyl groups is 1. The lowest BCUT2D eigenvalue weighted by atomic mass is 10.4. The van der Waals surface area contributed by atoms with Gasteiger partial charge in [0.25, 0.3) is 0 Å². The van der Waals surface area contributed by atoms with Crippen LogP contribution in [0.5, 0.6) is 0 Å². The average Bonchev–Trinajstić information content (AvgIpc) is 1.86. The van der Waals surface area contributed by atoms with E-state index in [9.17, 15) is 4.79 Å². The average molecular weight is 160 g/mol. The maximum atomic E-state index is 11.0. The van der Waals surface area contributed by atoms with E-state index in [1.165, 1.54) is 4.90 Å². The predicted molar refractivity (Wildman–Crippen MR) is 43.4 cm³/mol. The van der Waals surface area contributed by atoms with Crippen LogP contribution >= 0.6 is 0 Å². The molecule has 0 aliphatic heterocycles. The minimum atomic E-state index is -0.144. The van der Waals surface area contributed by atoms with Gasteiger partial charge < -0.3 is 15.3 Å². The van der Waals surface area contributed by atoms with Gasteiger partial charge in [0.15, 0.2) is 0 Å². The third-order valence-corrected chi connectivity index (χ3v) is 1.19. The van der Waals surface area contributed by atoms with Gasteiger partial charge in [-0.3, -0.25) is 0 Å². The highest BCUT2D eigenvalue weighted by atomic mass is 16.3. The zero-order valence-corrected chi connectivity index (χ0v) is 7.29. The van der Waals surface area contributed by atoms with E-state index in [2.05, 4.69) is 5.32 Å². The minimum Gasteiger partial charge on any atom is -0.395 e. The van der Waals surface area contributed by atoms with Crippen LogP contribution in [-0.2, 0) is 0 Å². The van der Waals surface area contributed by atoms with E-state index in [1.807, 2.05) is 13.8 Å². The molecule has 0 heterocycles. The summed E-state index contributed by atoms with van der Waals surface area (Å²) in [5.74, 6) is 0. The monoisotopic (exact) mass is 160 g/mol. The molecule has 0 aliphatic carbocycles. The normalized spacial score (nSPS) is 9.91. The fourth-order valence-electron chi connectivity index (χ4n) is 0.609. The molecule has 0 saturated carbocycles. The smallest absolute Gasteiger partial charge is 0.317 e. The first kappa shape index (κ1) is 10.2. The summed E-state index contributed by atoms with van der Waals surface area (Å²) < 4.78 is 0. The molecule has 0 saturated heterocycles. The van der Waals surface area contributed by atoms with Crippen molar-refractivity contribution in [3.05, 3.63) is 0 Å². The van der Waals surface area contributed by atoms with Gasteiger partial charge in [0.2, 0.25) is 0 Å². The van der Waals surface area contributed by atoms with Gasteiger partial charge in [-0.25, -0.2) is 4.79 Å². The number of carbonyl (C=O) groups is 1. The largest absolute Gasteiger partial charge is 0.395 e. The molecular formula is C7H16N2O2. The predicted octanol–water partition coefficient (Wildman–Crippen LogP) is 0.0285. The topological polar surface area (TPSA) is 52.6 Å². The molecule has 66 valence electrons. The highest BCUT2D eigenvalue weighted by Crippen LogP contribution is 1.85. The van der Waals surface area contributed by atoms with Crippen molar-refractivity contribution in [3.63, 3.8) is 0 Å². The number of urea groups is 1. The van der Waals surface area contributed by atoms with Crippen molar-refractivity contribution in [2.45, 2.75) is 19.9 Å². The van der Waals surface area contributed by atoms with Gasteiger partial charge in [-0.2, -0.15) is 0 Å². The van der Waals surface area contributed by atoms with Gasteiger partial charge in [0.1, 0.15) is 0 Å². The summed E-state index contributed by atoms with van der Waals surface area (Å²) in [6.45, 7) is 4.16. The molecule has 2 amide bonds. The molecule has 0 unspecified atom stereocenters. The Hall–Kier alpha value is -0.770. The number of hydrogen-bond acceptors (Lipinski definition) is 2. The van der Waals surface area contributed by atoms with E-state index in [-0.39, 0.29) is 18.7 Å². The van der Waals surface area contributed by atoms with Gasteiger partial charge in [-0.05, 0) is 13.8 Å². The van der Waals surface area contributed by atoms with Crippen LogP contribution in [0.4, 0.5) is 4.79 Å². The summed E-state index contributed by atoms with van der Waals surface area (Å²) in [5.41, 5.74) is 0. The Bertz CT molecular complexity index is 126. The zero-order chi connectivity index (χ0) is 8.85. The molecule has 0 atom stereocenters. The number of nitrogens with one attached hydrogen (secondary N) is 1. The van der Waals surface area contributed by atoms with Crippen LogP contribution < -0.4 is 5.32 Å². The van der Waals surface area contributed by atoms with Crippen molar-refractivity contribution in [3.8, 4) is 0 Å². The maximum Gasteiger partial charge on any atom is 0.317 e. The maximum absolute atomic E-state index is 11.0. The number of hydrogen-bond donors (Lipinski definition) is 2. The van der Waals surface area contributed by atoms with Crippen LogP contribution in [0.3, 0.4) is 0 Å². The molecule has 0 radical (unpaired) electrons. The van der Waals surface area contributed by atoms with Crippen LogP contribution in [0.2, 0.25) is 0 Å². The Labute approximate surface area is 67.2 Å². The number of aliphatic hydroxyl groups excluding tert-OH is 1. The van der Waals surface area contributed by atoms with Gasteiger partial charge in [0.05, 0.1) is 6.61 Å². The van der Waals surface area contributed by atoms with Crippen LogP contribution in [-0.4, -0.2) is 42.3 Å². The molecule has 0 bridgehead atoms. The second kappa shape index (κ2) is 4.96. The van der Waals surface area contributed by atoms with E-state index >= 15 is 0 Å². The summed E-state index contributed by atoms with van der Waals surface area (Å²) in [4.78, 5) is 12.5. The van der Waals surface area contributed by atoms with E-state index in [0.717, 1.165) is 0 Å². The molecule has 0 aromatic rings. The van der Waals surface area contributed by atoms with Gasteiger partial charge in [-0.15, -0.1) is 0 Å². The third kappa shape index (κ3) is 4.61. The summed E-state index contributed by atoms with van der Waals surface area (Å²) >= 11 is 0. The minimum absolute atomic E-state index is 0.00200. The number of likely N-dealkylation sites (N-methyl/N-ethyl adjacent to an activating group) is 1. The molecule has 0 aromatic carbocycles. The highest BCUT2D eigenvalue weighted by molar-refractivity contribution is 5.74. The summed E-state index contributed by atoms with van der Waals surface area (Å²) in [7, 11) is 1.65. The Morgan fingerprint density at radius 2 is 2.18 bits per heavy atom. The Morgan fingerprint density at radius 3 is 2.55 bits per heavy atom. The second-order valence-corrected chi connectivity index (χ2v) is 2.75. The van der Waals surface area contributed by atoms with Gasteiger partial charge >= 0.3 is 6.03 Å². The molecule has 4 nitrogen and oxygen atoms in total. The first-order chi connectivity index (χ1) is 5.07. The third-order valence-electron chi connectivity index (χ3n) is 1.19. The molecule has 2 N–H and O–H groups in total. The molecule has 11 heavy (non-hydrogen) atoms. The fraction of sp³-hybridized carbons (Fsp3) is 0.857. The Morgan fingerprint density at radius 1 is 1.64 bits per heavy atom. The summed E-state index contributed by atoms with van der Waals surface area (Å²) in [6.07, 6.45) is 0. The quantitative estimate of drug-likeness (QED) is 0.612. The zero-order valence-electron chi connectivity index (χ0n) is 7.29. The second-order valence-electron chi connectivity index (χ2n) is 2.75. The Kier molecular flexibility index (Phi) is 4.61. The van der Waals surface area contributed by atoms with Crippen molar-refractivity contribution in [1.29, 1.82) is 0 Å². The van der Waals surface area contributed by atoms with Crippen LogP contribution in [0.1, 0.15) is 13.8 Å². The lowest BCUT2D eigenvalue weighted by Crippen LogP contribution is -2.41. The molecule has 0 rings (SSSR count). The highest BCUT2D eigenvalue weighted by Gasteiger charge is 2.07.